The van der Waals surface area contributed by atoms with Gasteiger partial charge in [-0.3, -0.25) is 4.68 Å². The molecule has 62 valence electrons. The van der Waals surface area contributed by atoms with E-state index in [2.05, 4.69) is 15.2 Å². The maximum absolute atomic E-state index is 5.48. The molecule has 0 fully saturated rings. The molecule has 6 heteroatoms. The fourth-order valence-corrected chi connectivity index (χ4v) is 1.00. The lowest BCUT2D eigenvalue weighted by Crippen LogP contribution is -1.92. The molecular weight excluding hydrogens is 180 g/mol. The summed E-state index contributed by atoms with van der Waals surface area (Å²) in [6.45, 7) is 0. The minimum atomic E-state index is 0.103. The molecule has 0 aromatic carbocycles. The van der Waals surface area contributed by atoms with E-state index in [9.17, 15) is 0 Å². The largest absolute Gasteiger partial charge is 0.331 e. The molecule has 0 atom stereocenters. The van der Waals surface area contributed by atoms with Crippen molar-refractivity contribution < 1.29 is 4.52 Å². The Labute approximate surface area is 72.9 Å². The minimum Gasteiger partial charge on any atom is -0.331 e. The number of aromatic nitrogens is 4. The summed E-state index contributed by atoms with van der Waals surface area (Å²) in [5, 5.41) is 7.50. The molecular formula is C6H5ClN4O. The Morgan fingerprint density at radius 3 is 2.92 bits per heavy atom. The van der Waals surface area contributed by atoms with Crippen molar-refractivity contribution in [2.75, 3.05) is 0 Å². The minimum absolute atomic E-state index is 0.103. The SMILES string of the molecule is Cn1nccc1-c1nc(Cl)no1. The van der Waals surface area contributed by atoms with Crippen LogP contribution in [0.4, 0.5) is 0 Å². The van der Waals surface area contributed by atoms with E-state index in [1.807, 2.05) is 0 Å². The Morgan fingerprint density at radius 1 is 1.58 bits per heavy atom. The van der Waals surface area contributed by atoms with E-state index in [0.29, 0.717) is 5.89 Å². The average Bonchev–Trinajstić information content (AvgIpc) is 2.58. The van der Waals surface area contributed by atoms with Crippen molar-refractivity contribution in [1.29, 1.82) is 0 Å². The molecule has 0 bridgehead atoms. The second kappa shape index (κ2) is 2.60. The third-order valence-electron chi connectivity index (χ3n) is 1.44. The zero-order valence-electron chi connectivity index (χ0n) is 6.23. The molecule has 0 radical (unpaired) electrons. The van der Waals surface area contributed by atoms with E-state index in [-0.39, 0.29) is 5.28 Å². The summed E-state index contributed by atoms with van der Waals surface area (Å²) < 4.78 is 6.46. The molecule has 12 heavy (non-hydrogen) atoms. The fraction of sp³-hybridized carbons (Fsp3) is 0.167. The molecule has 5 nitrogen and oxygen atoms in total. The fourth-order valence-electron chi connectivity index (χ4n) is 0.893. The van der Waals surface area contributed by atoms with Crippen LogP contribution in [0.2, 0.25) is 5.28 Å². The third kappa shape index (κ3) is 1.08. The van der Waals surface area contributed by atoms with Crippen molar-refractivity contribution in [3.05, 3.63) is 17.5 Å². The quantitative estimate of drug-likeness (QED) is 0.667. The van der Waals surface area contributed by atoms with Gasteiger partial charge in [0.25, 0.3) is 11.2 Å². The predicted octanol–water partition coefficient (Wildman–Crippen LogP) is 1.12. The molecule has 2 rings (SSSR count). The van der Waals surface area contributed by atoms with Crippen LogP contribution in [0.25, 0.3) is 11.6 Å². The van der Waals surface area contributed by atoms with Crippen LogP contribution in [0.5, 0.6) is 0 Å². The first-order valence-corrected chi connectivity index (χ1v) is 3.63. The number of hydrogen-bond donors (Lipinski definition) is 0. The van der Waals surface area contributed by atoms with Gasteiger partial charge in [0.1, 0.15) is 5.69 Å². The van der Waals surface area contributed by atoms with E-state index in [1.54, 1.807) is 24.0 Å². The second-order valence-corrected chi connectivity index (χ2v) is 2.55. The van der Waals surface area contributed by atoms with Gasteiger partial charge in [-0.1, -0.05) is 0 Å². The summed E-state index contributed by atoms with van der Waals surface area (Å²) in [6, 6.07) is 1.77. The van der Waals surface area contributed by atoms with Crippen molar-refractivity contribution in [3.8, 4) is 11.6 Å². The van der Waals surface area contributed by atoms with Crippen LogP contribution in [0.15, 0.2) is 16.8 Å². The van der Waals surface area contributed by atoms with Crippen molar-refractivity contribution in [3.63, 3.8) is 0 Å². The molecule has 0 saturated carbocycles. The molecule has 0 saturated heterocycles. The smallest absolute Gasteiger partial charge is 0.277 e. The molecule has 0 spiro atoms. The summed E-state index contributed by atoms with van der Waals surface area (Å²) in [6.07, 6.45) is 1.65. The van der Waals surface area contributed by atoms with Crippen LogP contribution in [0.1, 0.15) is 0 Å². The number of nitrogens with zero attached hydrogens (tertiary/aromatic N) is 4. The maximum atomic E-state index is 5.48. The lowest BCUT2D eigenvalue weighted by molar-refractivity contribution is 0.427. The highest BCUT2D eigenvalue weighted by Gasteiger charge is 2.09. The highest BCUT2D eigenvalue weighted by molar-refractivity contribution is 6.28. The number of aryl methyl sites for hydroxylation is 1. The van der Waals surface area contributed by atoms with Crippen LogP contribution < -0.4 is 0 Å². The molecule has 2 aromatic heterocycles. The first kappa shape index (κ1) is 7.30. The Kier molecular flexibility index (Phi) is 1.58. The van der Waals surface area contributed by atoms with Gasteiger partial charge in [-0.2, -0.15) is 10.1 Å². The van der Waals surface area contributed by atoms with Crippen molar-refractivity contribution in [2.45, 2.75) is 0 Å². The normalized spacial score (nSPS) is 10.5. The number of rotatable bonds is 1. The van der Waals surface area contributed by atoms with E-state index >= 15 is 0 Å². The molecule has 2 heterocycles. The molecule has 0 aliphatic carbocycles. The monoisotopic (exact) mass is 184 g/mol. The molecule has 0 N–H and O–H groups in total. The van der Waals surface area contributed by atoms with Gasteiger partial charge < -0.3 is 4.52 Å². The predicted molar refractivity (Wildman–Crippen MR) is 41.5 cm³/mol. The van der Waals surface area contributed by atoms with E-state index < -0.39 is 0 Å². The van der Waals surface area contributed by atoms with Gasteiger partial charge >= 0.3 is 0 Å². The van der Waals surface area contributed by atoms with E-state index in [4.69, 9.17) is 16.1 Å². The summed E-state index contributed by atoms with van der Waals surface area (Å²) >= 11 is 5.48. The van der Waals surface area contributed by atoms with Gasteiger partial charge in [0.2, 0.25) is 0 Å². The maximum Gasteiger partial charge on any atom is 0.277 e. The molecule has 0 aliphatic rings. The Morgan fingerprint density at radius 2 is 2.42 bits per heavy atom. The Hall–Kier alpha value is -1.36. The topological polar surface area (TPSA) is 56.7 Å². The Bertz CT molecular complexity index is 394. The number of hydrogen-bond acceptors (Lipinski definition) is 4. The summed E-state index contributed by atoms with van der Waals surface area (Å²) in [5.74, 6) is 0.375. The second-order valence-electron chi connectivity index (χ2n) is 2.21. The summed E-state index contributed by atoms with van der Waals surface area (Å²) in [4.78, 5) is 3.84. The highest BCUT2D eigenvalue weighted by atomic mass is 35.5. The van der Waals surface area contributed by atoms with Crippen LogP contribution in [0.3, 0.4) is 0 Å². The molecule has 0 aliphatic heterocycles. The van der Waals surface area contributed by atoms with Gasteiger partial charge in [0.05, 0.1) is 0 Å². The molecule has 2 aromatic rings. The van der Waals surface area contributed by atoms with Crippen molar-refractivity contribution in [2.24, 2.45) is 7.05 Å². The van der Waals surface area contributed by atoms with Crippen molar-refractivity contribution in [1.82, 2.24) is 19.9 Å². The van der Waals surface area contributed by atoms with Gasteiger partial charge in [-0.15, -0.1) is 0 Å². The van der Waals surface area contributed by atoms with Crippen LogP contribution in [-0.2, 0) is 7.05 Å². The van der Waals surface area contributed by atoms with Crippen molar-refractivity contribution >= 4 is 11.6 Å². The van der Waals surface area contributed by atoms with Gasteiger partial charge in [-0.25, -0.2) is 0 Å². The van der Waals surface area contributed by atoms with Crippen LogP contribution in [0, 0.1) is 0 Å². The summed E-state index contributed by atoms with van der Waals surface area (Å²) in [7, 11) is 1.79. The van der Waals surface area contributed by atoms with E-state index in [0.717, 1.165) is 5.69 Å². The Balaban J connectivity index is 2.50. The van der Waals surface area contributed by atoms with E-state index in [1.165, 1.54) is 0 Å². The molecule has 0 unspecified atom stereocenters. The number of halogens is 1. The standard InChI is InChI=1S/C6H5ClN4O/c1-11-4(2-3-8-11)5-9-6(7)10-12-5/h2-3H,1H3. The van der Waals surface area contributed by atoms with Gasteiger partial charge in [0, 0.05) is 13.2 Å². The summed E-state index contributed by atoms with van der Waals surface area (Å²) in [5.41, 5.74) is 0.745. The highest BCUT2D eigenvalue weighted by Crippen LogP contribution is 2.16. The lowest BCUT2D eigenvalue weighted by atomic mass is 10.4. The van der Waals surface area contributed by atoms with Gasteiger partial charge in [0.15, 0.2) is 0 Å². The first-order chi connectivity index (χ1) is 5.77. The molecule has 0 amide bonds. The zero-order chi connectivity index (χ0) is 8.55. The average molecular weight is 185 g/mol. The van der Waals surface area contributed by atoms with Crippen LogP contribution >= 0.6 is 11.6 Å². The van der Waals surface area contributed by atoms with Gasteiger partial charge in [-0.05, 0) is 22.8 Å². The van der Waals surface area contributed by atoms with Crippen LogP contribution in [-0.4, -0.2) is 19.9 Å². The third-order valence-corrected chi connectivity index (χ3v) is 1.59. The first-order valence-electron chi connectivity index (χ1n) is 3.25. The zero-order valence-corrected chi connectivity index (χ0v) is 6.99. The lowest BCUT2D eigenvalue weighted by Gasteiger charge is -1.92.